The molecule has 17 heavy (non-hydrogen) atoms. The van der Waals surface area contributed by atoms with Gasteiger partial charge < -0.3 is 10.4 Å². The molecule has 1 aromatic carbocycles. The molecule has 0 unspecified atom stereocenters. The fraction of sp³-hybridized carbons (Fsp3) is 0.500. The summed E-state index contributed by atoms with van der Waals surface area (Å²) in [6.07, 6.45) is 0.729. The maximum atomic E-state index is 11.4. The molecule has 0 amide bonds. The van der Waals surface area contributed by atoms with Crippen LogP contribution in [0.3, 0.4) is 0 Å². The van der Waals surface area contributed by atoms with E-state index in [0.29, 0.717) is 6.54 Å². The van der Waals surface area contributed by atoms with Crippen LogP contribution < -0.4 is 0 Å². The molecule has 0 fully saturated rings. The summed E-state index contributed by atoms with van der Waals surface area (Å²) in [6, 6.07) is 9.89. The van der Waals surface area contributed by atoms with Gasteiger partial charge in [0.15, 0.2) is 0 Å². The van der Waals surface area contributed by atoms with Crippen LogP contribution in [0, 0.1) is 5.21 Å². The summed E-state index contributed by atoms with van der Waals surface area (Å²) in [5.41, 5.74) is 0.760. The fourth-order valence-corrected chi connectivity index (χ4v) is 1.61. The molecule has 0 spiro atoms. The third kappa shape index (κ3) is 3.94. The summed E-state index contributed by atoms with van der Waals surface area (Å²) >= 11 is 0. The van der Waals surface area contributed by atoms with E-state index in [1.807, 2.05) is 51.1 Å². The zero-order chi connectivity index (χ0) is 12.9. The molecule has 0 aliphatic carbocycles. The lowest BCUT2D eigenvalue weighted by atomic mass is 10.1. The van der Waals surface area contributed by atoms with E-state index in [0.717, 1.165) is 12.0 Å². The average molecular weight is 237 g/mol. The number of nitrogens with zero attached hydrogens (tertiary/aromatic N) is 3. The van der Waals surface area contributed by atoms with Gasteiger partial charge in [0.2, 0.25) is 5.28 Å². The molecule has 0 aliphatic heterocycles. The van der Waals surface area contributed by atoms with Crippen LogP contribution in [0.25, 0.3) is 0 Å². The van der Waals surface area contributed by atoms with Gasteiger partial charge in [-0.15, -0.1) is 5.01 Å². The fourth-order valence-electron chi connectivity index (χ4n) is 1.61. The maximum absolute atomic E-state index is 11.4. The van der Waals surface area contributed by atoms with Crippen molar-refractivity contribution >= 4 is 0 Å². The molecule has 1 aromatic rings. The Labute approximate surface area is 102 Å². The summed E-state index contributed by atoms with van der Waals surface area (Å²) in [5, 5.41) is 24.1. The van der Waals surface area contributed by atoms with E-state index in [1.54, 1.807) is 0 Å². The molecule has 0 bridgehead atoms. The van der Waals surface area contributed by atoms with E-state index < -0.39 is 0 Å². The van der Waals surface area contributed by atoms with Gasteiger partial charge in [-0.25, -0.2) is 0 Å². The minimum Gasteiger partial charge on any atom is -0.569 e. The third-order valence-electron chi connectivity index (χ3n) is 2.51. The molecule has 1 N–H and O–H groups in total. The summed E-state index contributed by atoms with van der Waals surface area (Å²) in [4.78, 5) is 0.239. The van der Waals surface area contributed by atoms with Gasteiger partial charge in [-0.2, -0.15) is 0 Å². The first-order chi connectivity index (χ1) is 7.95. The lowest BCUT2D eigenvalue weighted by Gasteiger charge is -2.30. The van der Waals surface area contributed by atoms with Gasteiger partial charge in [0, 0.05) is 0 Å². The highest BCUT2D eigenvalue weighted by Crippen LogP contribution is 2.14. The van der Waals surface area contributed by atoms with Crippen LogP contribution in [0.5, 0.6) is 0 Å². The number of benzene rings is 1. The van der Waals surface area contributed by atoms with Gasteiger partial charge in [0.25, 0.3) is 0 Å². The third-order valence-corrected chi connectivity index (χ3v) is 2.51. The molecule has 0 radical (unpaired) electrons. The molecule has 0 saturated heterocycles. The van der Waals surface area contributed by atoms with Crippen LogP contribution in [0.2, 0.25) is 0 Å². The monoisotopic (exact) mass is 237 g/mol. The Morgan fingerprint density at radius 2 is 1.88 bits per heavy atom. The molecular weight excluding hydrogens is 218 g/mol. The second-order valence-electron chi connectivity index (χ2n) is 4.87. The van der Waals surface area contributed by atoms with E-state index >= 15 is 0 Å². The lowest BCUT2D eigenvalue weighted by Crippen LogP contribution is -2.46. The van der Waals surface area contributed by atoms with Gasteiger partial charge in [0.05, 0.1) is 17.1 Å². The molecule has 1 rings (SSSR count). The molecule has 5 heteroatoms. The second kappa shape index (κ2) is 5.52. The second-order valence-corrected chi connectivity index (χ2v) is 4.87. The number of hydrazine groups is 1. The summed E-state index contributed by atoms with van der Waals surface area (Å²) < 4.78 is 0. The highest BCUT2D eigenvalue weighted by atomic mass is 16.6. The van der Waals surface area contributed by atoms with E-state index in [-0.39, 0.29) is 10.5 Å². The van der Waals surface area contributed by atoms with Crippen LogP contribution in [0.4, 0.5) is 0 Å². The molecule has 94 valence electrons. The van der Waals surface area contributed by atoms with Crippen molar-refractivity contribution in [3.05, 3.63) is 41.1 Å². The van der Waals surface area contributed by atoms with Gasteiger partial charge >= 0.3 is 0 Å². The zero-order valence-electron chi connectivity index (χ0n) is 10.5. The molecule has 0 aliphatic rings. The van der Waals surface area contributed by atoms with E-state index in [2.05, 4.69) is 5.28 Å². The van der Waals surface area contributed by atoms with E-state index in [9.17, 15) is 5.21 Å². The van der Waals surface area contributed by atoms with Crippen LogP contribution in [-0.2, 0) is 6.42 Å². The van der Waals surface area contributed by atoms with Crippen molar-refractivity contribution in [3.8, 4) is 0 Å². The van der Waals surface area contributed by atoms with Gasteiger partial charge in [0.1, 0.15) is 0 Å². The van der Waals surface area contributed by atoms with Crippen LogP contribution in [-0.4, -0.2) is 27.3 Å². The standard InChI is InChI=1S/C12H19N3O2/c1-12(2,3)14(15(17)13-16)10-9-11-7-5-4-6-8-11/h4-8,16H,9-10H2,1-3H3/b15-13-. The summed E-state index contributed by atoms with van der Waals surface area (Å²) in [5.74, 6) is 0. The number of rotatable bonds is 4. The minimum absolute atomic E-state index is 0.239. The Bertz CT molecular complexity index is 371. The molecule has 0 aromatic heterocycles. The quantitative estimate of drug-likeness (QED) is 0.497. The predicted octanol–water partition coefficient (Wildman–Crippen LogP) is 2.60. The van der Waals surface area contributed by atoms with Crippen molar-refractivity contribution in [2.45, 2.75) is 32.7 Å². The largest absolute Gasteiger partial charge is 0.569 e. The first-order valence-electron chi connectivity index (χ1n) is 5.59. The van der Waals surface area contributed by atoms with Crippen molar-refractivity contribution in [3.63, 3.8) is 0 Å². The van der Waals surface area contributed by atoms with Gasteiger partial charge in [-0.05, 0) is 32.8 Å². The van der Waals surface area contributed by atoms with E-state index in [1.165, 1.54) is 5.01 Å². The first kappa shape index (κ1) is 13.3. The Balaban J connectivity index is 2.69. The SMILES string of the molecule is CC(C)(C)N(CCc1ccccc1)/[N+]([O-])=N/O. The van der Waals surface area contributed by atoms with Crippen molar-refractivity contribution in [1.29, 1.82) is 0 Å². The van der Waals surface area contributed by atoms with Gasteiger partial charge in [-0.1, -0.05) is 30.3 Å². The average Bonchev–Trinajstić information content (AvgIpc) is 2.28. The van der Waals surface area contributed by atoms with E-state index in [4.69, 9.17) is 5.21 Å². The topological polar surface area (TPSA) is 61.9 Å². The Hall–Kier alpha value is -1.78. The summed E-state index contributed by atoms with van der Waals surface area (Å²) in [7, 11) is 0. The Kier molecular flexibility index (Phi) is 4.31. The van der Waals surface area contributed by atoms with Crippen molar-refractivity contribution in [2.24, 2.45) is 5.28 Å². The highest BCUT2D eigenvalue weighted by Gasteiger charge is 2.28. The molecular formula is C12H19N3O2. The van der Waals surface area contributed by atoms with Gasteiger partial charge in [-0.3, -0.25) is 0 Å². The van der Waals surface area contributed by atoms with Crippen LogP contribution in [0.1, 0.15) is 26.3 Å². The predicted molar refractivity (Wildman–Crippen MR) is 64.4 cm³/mol. The lowest BCUT2D eigenvalue weighted by molar-refractivity contribution is -0.724. The van der Waals surface area contributed by atoms with Crippen molar-refractivity contribution < 1.29 is 10.2 Å². The summed E-state index contributed by atoms with van der Waals surface area (Å²) in [6.45, 7) is 6.19. The Morgan fingerprint density at radius 3 is 2.35 bits per heavy atom. The Morgan fingerprint density at radius 1 is 1.29 bits per heavy atom. The van der Waals surface area contributed by atoms with Crippen molar-refractivity contribution in [2.75, 3.05) is 6.54 Å². The molecule has 0 saturated carbocycles. The normalized spacial score (nSPS) is 12.5. The molecule has 0 atom stereocenters. The minimum atomic E-state index is -0.386. The molecule has 0 heterocycles. The van der Waals surface area contributed by atoms with Crippen LogP contribution >= 0.6 is 0 Å². The first-order valence-corrected chi connectivity index (χ1v) is 5.59. The molecule has 5 nitrogen and oxygen atoms in total. The zero-order valence-corrected chi connectivity index (χ0v) is 10.5. The van der Waals surface area contributed by atoms with Crippen LogP contribution in [0.15, 0.2) is 35.6 Å². The smallest absolute Gasteiger partial charge is 0.230 e. The highest BCUT2D eigenvalue weighted by molar-refractivity contribution is 5.14. The number of hydrogen-bond acceptors (Lipinski definition) is 2. The van der Waals surface area contributed by atoms with Crippen molar-refractivity contribution in [1.82, 2.24) is 5.01 Å². The number of hydrogen-bond donors (Lipinski definition) is 1. The maximum Gasteiger partial charge on any atom is 0.230 e.